The molecule has 110 valence electrons. The molecule has 0 radical (unpaired) electrons. The number of nitrogens with one attached hydrogen (secondary N) is 1. The van der Waals surface area contributed by atoms with Gasteiger partial charge in [-0.3, -0.25) is 5.41 Å². The van der Waals surface area contributed by atoms with E-state index >= 15 is 0 Å². The quantitative estimate of drug-likeness (QED) is 0.491. The van der Waals surface area contributed by atoms with Crippen LogP contribution in [0, 0.1) is 18.2 Å². The van der Waals surface area contributed by atoms with Gasteiger partial charge in [-0.25, -0.2) is 4.39 Å². The summed E-state index contributed by atoms with van der Waals surface area (Å²) < 4.78 is 19.2. The molecule has 21 heavy (non-hydrogen) atoms. The van der Waals surface area contributed by atoms with Gasteiger partial charge in [0.1, 0.15) is 23.2 Å². The number of aryl methyl sites for hydroxylation is 1. The summed E-state index contributed by atoms with van der Waals surface area (Å²) in [5.41, 5.74) is 7.05. The smallest absolute Gasteiger partial charge is 0.139 e. The molecule has 0 aliphatic heterocycles. The Morgan fingerprint density at radius 2 is 2.05 bits per heavy atom. The normalized spacial score (nSPS) is 10.4. The van der Waals surface area contributed by atoms with Gasteiger partial charge in [0.15, 0.2) is 0 Å². The number of thioether (sulfide) groups is 1. The molecule has 0 amide bonds. The summed E-state index contributed by atoms with van der Waals surface area (Å²) in [4.78, 5) is 0.886. The Kier molecular flexibility index (Phi) is 4.85. The summed E-state index contributed by atoms with van der Waals surface area (Å²) >= 11 is 1.59. The van der Waals surface area contributed by atoms with Gasteiger partial charge in [-0.2, -0.15) is 0 Å². The van der Waals surface area contributed by atoms with E-state index in [9.17, 15) is 4.39 Å². The Morgan fingerprint density at radius 1 is 1.29 bits per heavy atom. The van der Waals surface area contributed by atoms with E-state index in [4.69, 9.17) is 15.9 Å². The Balaban J connectivity index is 2.46. The number of hydrogen-bond donors (Lipinski definition) is 2. The summed E-state index contributed by atoms with van der Waals surface area (Å²) in [6.45, 7) is 3.87. The number of amidine groups is 1. The number of halogens is 1. The molecule has 0 unspecified atom stereocenters. The van der Waals surface area contributed by atoms with Crippen LogP contribution in [0.5, 0.6) is 11.5 Å². The molecular formula is C16H17FN2OS. The van der Waals surface area contributed by atoms with Crippen LogP contribution in [0.3, 0.4) is 0 Å². The molecule has 3 nitrogen and oxygen atoms in total. The van der Waals surface area contributed by atoms with Gasteiger partial charge in [-0.05, 0) is 36.4 Å². The van der Waals surface area contributed by atoms with Gasteiger partial charge in [-0.1, -0.05) is 19.1 Å². The van der Waals surface area contributed by atoms with Gasteiger partial charge in [-0.15, -0.1) is 11.8 Å². The zero-order valence-corrected chi connectivity index (χ0v) is 12.8. The Morgan fingerprint density at radius 3 is 2.71 bits per heavy atom. The number of ether oxygens (including phenoxy) is 1. The van der Waals surface area contributed by atoms with Gasteiger partial charge in [0, 0.05) is 11.0 Å². The SMILES string of the molecule is CCSc1cccc(Oc2cc(F)ccc2C)c1C(=N)N. The van der Waals surface area contributed by atoms with Crippen LogP contribution in [0.1, 0.15) is 18.1 Å². The molecule has 0 spiro atoms. The molecule has 0 heterocycles. The summed E-state index contributed by atoms with van der Waals surface area (Å²) in [6, 6.07) is 9.85. The highest BCUT2D eigenvalue weighted by molar-refractivity contribution is 7.99. The maximum absolute atomic E-state index is 13.4. The molecule has 2 aromatic rings. The van der Waals surface area contributed by atoms with E-state index in [1.54, 1.807) is 23.9 Å². The number of hydrogen-bond acceptors (Lipinski definition) is 3. The molecule has 0 aliphatic rings. The predicted octanol–water partition coefficient (Wildman–Crippen LogP) is 4.32. The van der Waals surface area contributed by atoms with E-state index in [1.807, 2.05) is 26.0 Å². The lowest BCUT2D eigenvalue weighted by atomic mass is 10.1. The minimum absolute atomic E-state index is 0.0596. The van der Waals surface area contributed by atoms with Crippen molar-refractivity contribution in [3.63, 3.8) is 0 Å². The average molecular weight is 304 g/mol. The van der Waals surface area contributed by atoms with Crippen molar-refractivity contribution in [2.24, 2.45) is 5.73 Å². The van der Waals surface area contributed by atoms with Crippen molar-refractivity contribution in [2.75, 3.05) is 5.75 Å². The predicted molar refractivity (Wildman–Crippen MR) is 85.1 cm³/mol. The van der Waals surface area contributed by atoms with Gasteiger partial charge in [0.25, 0.3) is 0 Å². The molecule has 0 saturated carbocycles. The van der Waals surface area contributed by atoms with Crippen molar-refractivity contribution in [3.8, 4) is 11.5 Å². The third-order valence-corrected chi connectivity index (χ3v) is 3.87. The highest BCUT2D eigenvalue weighted by Crippen LogP contribution is 2.34. The fourth-order valence-electron chi connectivity index (χ4n) is 1.94. The summed E-state index contributed by atoms with van der Waals surface area (Å²) in [5, 5.41) is 7.77. The first-order valence-corrected chi connectivity index (χ1v) is 7.55. The van der Waals surface area contributed by atoms with Gasteiger partial charge >= 0.3 is 0 Å². The fraction of sp³-hybridized carbons (Fsp3) is 0.188. The lowest BCUT2D eigenvalue weighted by molar-refractivity contribution is 0.470. The van der Waals surface area contributed by atoms with Crippen molar-refractivity contribution < 1.29 is 9.13 Å². The van der Waals surface area contributed by atoms with Crippen LogP contribution in [-0.4, -0.2) is 11.6 Å². The number of nitrogens with two attached hydrogens (primary N) is 1. The summed E-state index contributed by atoms with van der Waals surface area (Å²) in [7, 11) is 0. The molecule has 5 heteroatoms. The standard InChI is InChI=1S/C16H17FN2OS/c1-3-21-14-6-4-5-12(15(14)16(18)19)20-13-9-11(17)8-7-10(13)2/h4-9H,3H2,1-2H3,(H3,18,19). The van der Waals surface area contributed by atoms with E-state index in [2.05, 4.69) is 0 Å². The Hall–Kier alpha value is -2.01. The largest absolute Gasteiger partial charge is 0.456 e. The van der Waals surface area contributed by atoms with E-state index in [1.165, 1.54) is 12.1 Å². The summed E-state index contributed by atoms with van der Waals surface area (Å²) in [5.74, 6) is 1.34. The first-order chi connectivity index (χ1) is 10.0. The molecule has 0 aliphatic carbocycles. The van der Waals surface area contributed by atoms with E-state index in [0.29, 0.717) is 17.1 Å². The van der Waals surface area contributed by atoms with Crippen LogP contribution in [0.15, 0.2) is 41.3 Å². The summed E-state index contributed by atoms with van der Waals surface area (Å²) in [6.07, 6.45) is 0. The van der Waals surface area contributed by atoms with Crippen LogP contribution in [0.25, 0.3) is 0 Å². The minimum atomic E-state index is -0.362. The van der Waals surface area contributed by atoms with Crippen molar-refractivity contribution >= 4 is 17.6 Å². The Labute approximate surface area is 127 Å². The lowest BCUT2D eigenvalue weighted by Crippen LogP contribution is -2.14. The zero-order valence-electron chi connectivity index (χ0n) is 11.9. The molecule has 0 fully saturated rings. The van der Waals surface area contributed by atoms with E-state index in [0.717, 1.165) is 16.2 Å². The second-order valence-corrected chi connectivity index (χ2v) is 5.79. The van der Waals surface area contributed by atoms with Gasteiger partial charge in [0.05, 0.1) is 5.56 Å². The second kappa shape index (κ2) is 6.63. The average Bonchev–Trinajstić information content (AvgIpc) is 2.43. The molecule has 0 bridgehead atoms. The molecule has 2 rings (SSSR count). The van der Waals surface area contributed by atoms with Crippen LogP contribution in [0.4, 0.5) is 4.39 Å². The maximum atomic E-state index is 13.4. The highest BCUT2D eigenvalue weighted by Gasteiger charge is 2.14. The molecule has 3 N–H and O–H groups in total. The van der Waals surface area contributed by atoms with Gasteiger partial charge < -0.3 is 10.5 Å². The zero-order chi connectivity index (χ0) is 15.4. The molecule has 0 aromatic heterocycles. The molecule has 2 aromatic carbocycles. The van der Waals surface area contributed by atoms with Crippen LogP contribution < -0.4 is 10.5 Å². The van der Waals surface area contributed by atoms with Crippen molar-refractivity contribution in [1.29, 1.82) is 5.41 Å². The fourth-order valence-corrected chi connectivity index (χ4v) is 2.78. The highest BCUT2D eigenvalue weighted by atomic mass is 32.2. The first kappa shape index (κ1) is 15.4. The molecular weight excluding hydrogens is 287 g/mol. The molecule has 0 saturated heterocycles. The first-order valence-electron chi connectivity index (χ1n) is 6.57. The lowest BCUT2D eigenvalue weighted by Gasteiger charge is -2.15. The third-order valence-electron chi connectivity index (χ3n) is 2.93. The number of benzene rings is 2. The number of nitrogen functional groups attached to an aromatic ring is 1. The second-order valence-electron chi connectivity index (χ2n) is 4.49. The topological polar surface area (TPSA) is 59.1 Å². The Bertz CT molecular complexity index is 673. The van der Waals surface area contributed by atoms with Crippen molar-refractivity contribution in [1.82, 2.24) is 0 Å². The maximum Gasteiger partial charge on any atom is 0.139 e. The number of rotatable bonds is 5. The van der Waals surface area contributed by atoms with Crippen LogP contribution in [0.2, 0.25) is 0 Å². The van der Waals surface area contributed by atoms with E-state index < -0.39 is 0 Å². The van der Waals surface area contributed by atoms with Crippen molar-refractivity contribution in [2.45, 2.75) is 18.7 Å². The third kappa shape index (κ3) is 3.55. The van der Waals surface area contributed by atoms with Crippen LogP contribution >= 0.6 is 11.8 Å². The monoisotopic (exact) mass is 304 g/mol. The van der Waals surface area contributed by atoms with Crippen LogP contribution in [-0.2, 0) is 0 Å². The minimum Gasteiger partial charge on any atom is -0.456 e. The van der Waals surface area contributed by atoms with Gasteiger partial charge in [0.2, 0.25) is 0 Å². The van der Waals surface area contributed by atoms with E-state index in [-0.39, 0.29) is 11.7 Å². The van der Waals surface area contributed by atoms with Crippen molar-refractivity contribution in [3.05, 3.63) is 53.3 Å². The molecule has 0 atom stereocenters.